The minimum Gasteiger partial charge on any atom is -0.313 e. The van der Waals surface area contributed by atoms with Gasteiger partial charge in [-0.2, -0.15) is 0 Å². The molecule has 0 radical (unpaired) electrons. The summed E-state index contributed by atoms with van der Waals surface area (Å²) >= 11 is 0. The third-order valence-electron chi connectivity index (χ3n) is 2.71. The van der Waals surface area contributed by atoms with Crippen LogP contribution in [0.2, 0.25) is 0 Å². The zero-order valence-electron chi connectivity index (χ0n) is 11.4. The molecule has 2 heteroatoms. The minimum atomic E-state index is 0.550. The summed E-state index contributed by atoms with van der Waals surface area (Å²) in [4.78, 5) is 2.43. The average Bonchev–Trinajstić information content (AvgIpc) is 2.24. The van der Waals surface area contributed by atoms with Crippen LogP contribution >= 0.6 is 0 Å². The van der Waals surface area contributed by atoms with Crippen molar-refractivity contribution in [3.63, 3.8) is 0 Å². The number of nitrogens with one attached hydrogen (secondary N) is 1. The fourth-order valence-corrected chi connectivity index (χ4v) is 1.91. The van der Waals surface area contributed by atoms with E-state index in [0.717, 1.165) is 19.6 Å². The molecule has 0 heterocycles. The van der Waals surface area contributed by atoms with Gasteiger partial charge in [0, 0.05) is 18.6 Å². The highest BCUT2D eigenvalue weighted by atomic mass is 15.2. The lowest BCUT2D eigenvalue weighted by Gasteiger charge is -2.30. The first kappa shape index (κ1) is 15.5. The lowest BCUT2D eigenvalue weighted by Crippen LogP contribution is -2.44. The molecule has 0 aromatic heterocycles. The third kappa shape index (κ3) is 6.87. The topological polar surface area (TPSA) is 15.3 Å². The van der Waals surface area contributed by atoms with Crippen LogP contribution in [0.25, 0.3) is 0 Å². The summed E-state index contributed by atoms with van der Waals surface area (Å²) in [5, 5.41) is 3.52. The summed E-state index contributed by atoms with van der Waals surface area (Å²) in [5.41, 5.74) is 0. The molecule has 0 aromatic carbocycles. The molecule has 0 rings (SSSR count). The van der Waals surface area contributed by atoms with Gasteiger partial charge in [0.05, 0.1) is 6.54 Å². The summed E-state index contributed by atoms with van der Waals surface area (Å²) in [7, 11) is 0. The van der Waals surface area contributed by atoms with E-state index >= 15 is 0 Å². The van der Waals surface area contributed by atoms with Crippen LogP contribution in [0.1, 0.15) is 47.0 Å². The Morgan fingerprint density at radius 3 is 2.38 bits per heavy atom. The molecule has 0 amide bonds. The van der Waals surface area contributed by atoms with E-state index in [1.807, 2.05) is 0 Å². The smallest absolute Gasteiger partial charge is 0.0601 e. The number of terminal acetylenes is 1. The van der Waals surface area contributed by atoms with Gasteiger partial charge in [0.15, 0.2) is 0 Å². The number of hydrogen-bond acceptors (Lipinski definition) is 2. The van der Waals surface area contributed by atoms with Crippen molar-refractivity contribution < 1.29 is 0 Å². The second-order valence-corrected chi connectivity index (χ2v) is 4.68. The normalized spacial score (nSPS) is 13.1. The van der Waals surface area contributed by atoms with Crippen LogP contribution < -0.4 is 5.32 Å². The molecule has 2 nitrogen and oxygen atoms in total. The lowest BCUT2D eigenvalue weighted by molar-refractivity contribution is 0.200. The summed E-state index contributed by atoms with van der Waals surface area (Å²) in [5.74, 6) is 2.78. The second kappa shape index (κ2) is 9.69. The first-order valence-corrected chi connectivity index (χ1v) is 6.56. The Hall–Kier alpha value is -0.520. The zero-order chi connectivity index (χ0) is 12.4. The highest BCUT2D eigenvalue weighted by Gasteiger charge is 2.15. The molecule has 0 bridgehead atoms. The maximum Gasteiger partial charge on any atom is 0.0601 e. The van der Waals surface area contributed by atoms with Gasteiger partial charge >= 0.3 is 0 Å². The average molecular weight is 224 g/mol. The molecule has 16 heavy (non-hydrogen) atoms. The van der Waals surface area contributed by atoms with Gasteiger partial charge in [-0.05, 0) is 19.4 Å². The largest absolute Gasteiger partial charge is 0.313 e. The van der Waals surface area contributed by atoms with Crippen molar-refractivity contribution in [1.82, 2.24) is 10.2 Å². The van der Waals surface area contributed by atoms with Crippen molar-refractivity contribution in [3.05, 3.63) is 0 Å². The Morgan fingerprint density at radius 2 is 1.94 bits per heavy atom. The molecule has 0 spiro atoms. The molecule has 0 aromatic rings. The third-order valence-corrected chi connectivity index (χ3v) is 2.71. The molecule has 0 aliphatic rings. The van der Waals surface area contributed by atoms with Gasteiger partial charge in [-0.25, -0.2) is 0 Å². The molecule has 0 aliphatic carbocycles. The van der Waals surface area contributed by atoms with Crippen LogP contribution in [-0.4, -0.2) is 36.6 Å². The van der Waals surface area contributed by atoms with Crippen LogP contribution in [0.3, 0.4) is 0 Å². The Balaban J connectivity index is 4.26. The molecule has 1 atom stereocenters. The van der Waals surface area contributed by atoms with Gasteiger partial charge in [-0.15, -0.1) is 6.42 Å². The van der Waals surface area contributed by atoms with Gasteiger partial charge in [0.2, 0.25) is 0 Å². The van der Waals surface area contributed by atoms with E-state index in [1.165, 1.54) is 19.3 Å². The monoisotopic (exact) mass is 224 g/mol. The molecule has 0 saturated heterocycles. The first-order valence-electron chi connectivity index (χ1n) is 6.56. The molecule has 0 saturated carbocycles. The zero-order valence-corrected chi connectivity index (χ0v) is 11.4. The van der Waals surface area contributed by atoms with E-state index in [4.69, 9.17) is 6.42 Å². The number of nitrogens with zero attached hydrogens (tertiary/aromatic N) is 1. The van der Waals surface area contributed by atoms with E-state index in [2.05, 4.69) is 43.8 Å². The van der Waals surface area contributed by atoms with E-state index in [1.54, 1.807) is 0 Å². The standard InChI is InChI=1S/C14H28N2/c1-6-9-14(12-15-13(4)5)16(10-7-2)11-8-3/h2,13-15H,6,8-12H2,1,3-5H3. The van der Waals surface area contributed by atoms with Crippen LogP contribution in [0.15, 0.2) is 0 Å². The van der Waals surface area contributed by atoms with Crippen molar-refractivity contribution >= 4 is 0 Å². The SMILES string of the molecule is C#CCN(CCC)C(CCC)CNC(C)C. The number of rotatable bonds is 9. The Labute approximate surface area is 102 Å². The van der Waals surface area contributed by atoms with Gasteiger partial charge in [0.1, 0.15) is 0 Å². The van der Waals surface area contributed by atoms with E-state index < -0.39 is 0 Å². The first-order chi connectivity index (χ1) is 7.65. The van der Waals surface area contributed by atoms with Crippen LogP contribution in [0.5, 0.6) is 0 Å². The minimum absolute atomic E-state index is 0.550. The van der Waals surface area contributed by atoms with Crippen molar-refractivity contribution in [2.75, 3.05) is 19.6 Å². The highest BCUT2D eigenvalue weighted by Crippen LogP contribution is 2.07. The second-order valence-electron chi connectivity index (χ2n) is 4.68. The lowest BCUT2D eigenvalue weighted by atomic mass is 10.1. The van der Waals surface area contributed by atoms with E-state index in [9.17, 15) is 0 Å². The Bertz CT molecular complexity index is 193. The molecule has 0 aliphatic heterocycles. The van der Waals surface area contributed by atoms with Crippen LogP contribution in [0.4, 0.5) is 0 Å². The summed E-state index contributed by atoms with van der Waals surface area (Å²) in [6.45, 7) is 11.8. The molecular weight excluding hydrogens is 196 g/mol. The number of hydrogen-bond donors (Lipinski definition) is 1. The molecule has 0 fully saturated rings. The summed E-state index contributed by atoms with van der Waals surface area (Å²) < 4.78 is 0. The van der Waals surface area contributed by atoms with Gasteiger partial charge in [-0.1, -0.05) is 40.0 Å². The maximum atomic E-state index is 5.44. The summed E-state index contributed by atoms with van der Waals surface area (Å²) in [6, 6.07) is 1.14. The fourth-order valence-electron chi connectivity index (χ4n) is 1.91. The van der Waals surface area contributed by atoms with E-state index in [0.29, 0.717) is 12.1 Å². The van der Waals surface area contributed by atoms with Crippen molar-refractivity contribution in [2.45, 2.75) is 59.0 Å². The highest BCUT2D eigenvalue weighted by molar-refractivity contribution is 4.90. The molecular formula is C14H28N2. The predicted octanol–water partition coefficient (Wildman–Crippen LogP) is 2.50. The Kier molecular flexibility index (Phi) is 9.37. The van der Waals surface area contributed by atoms with Gasteiger partial charge in [-0.3, -0.25) is 4.90 Å². The van der Waals surface area contributed by atoms with E-state index in [-0.39, 0.29) is 0 Å². The quantitative estimate of drug-likeness (QED) is 0.605. The summed E-state index contributed by atoms with van der Waals surface area (Å²) in [6.07, 6.45) is 9.05. The Morgan fingerprint density at radius 1 is 1.25 bits per heavy atom. The maximum absolute atomic E-state index is 5.44. The predicted molar refractivity (Wildman–Crippen MR) is 72.5 cm³/mol. The van der Waals surface area contributed by atoms with Crippen molar-refractivity contribution in [2.24, 2.45) is 0 Å². The molecule has 1 N–H and O–H groups in total. The van der Waals surface area contributed by atoms with Gasteiger partial charge < -0.3 is 5.32 Å². The van der Waals surface area contributed by atoms with Crippen molar-refractivity contribution in [3.8, 4) is 12.3 Å². The molecule has 1 unspecified atom stereocenters. The van der Waals surface area contributed by atoms with Gasteiger partial charge in [0.25, 0.3) is 0 Å². The van der Waals surface area contributed by atoms with Crippen LogP contribution in [0, 0.1) is 12.3 Å². The van der Waals surface area contributed by atoms with Crippen molar-refractivity contribution in [1.29, 1.82) is 0 Å². The van der Waals surface area contributed by atoms with Crippen LogP contribution in [-0.2, 0) is 0 Å². The molecule has 94 valence electrons. The fraction of sp³-hybridized carbons (Fsp3) is 0.857.